The van der Waals surface area contributed by atoms with E-state index in [1.54, 1.807) is 19.1 Å². The standard InChI is InChI=1S/C22H32F2O2/c1-3-5-15-6-8-16(9-7-15)19-12-10-17(14-26-19)18-11-13-20(25-4-2)22(24)21(18)23/h11,13,15-17,19H,3-10,12,14H2,1-2H3/t15?,16?,17-,19-/m0/s1. The maximum Gasteiger partial charge on any atom is 0.200 e. The molecule has 1 aliphatic carbocycles. The first-order valence-electron chi connectivity index (χ1n) is 10.4. The van der Waals surface area contributed by atoms with Gasteiger partial charge in [-0.25, -0.2) is 4.39 Å². The van der Waals surface area contributed by atoms with Crippen LogP contribution < -0.4 is 4.74 Å². The lowest BCUT2D eigenvalue weighted by atomic mass is 9.75. The van der Waals surface area contributed by atoms with Gasteiger partial charge in [0.2, 0.25) is 5.82 Å². The molecule has 2 fully saturated rings. The molecule has 146 valence electrons. The zero-order valence-electron chi connectivity index (χ0n) is 16.1. The van der Waals surface area contributed by atoms with E-state index in [9.17, 15) is 8.78 Å². The summed E-state index contributed by atoms with van der Waals surface area (Å²) in [5, 5.41) is 0. The van der Waals surface area contributed by atoms with Crippen molar-refractivity contribution in [3.63, 3.8) is 0 Å². The molecule has 2 atom stereocenters. The van der Waals surface area contributed by atoms with Crippen molar-refractivity contribution in [2.24, 2.45) is 11.8 Å². The third-order valence-electron chi connectivity index (χ3n) is 6.24. The Morgan fingerprint density at radius 1 is 1.00 bits per heavy atom. The number of halogens is 2. The van der Waals surface area contributed by atoms with Crippen molar-refractivity contribution in [1.29, 1.82) is 0 Å². The van der Waals surface area contributed by atoms with Crippen molar-refractivity contribution in [2.75, 3.05) is 13.2 Å². The lowest BCUT2D eigenvalue weighted by molar-refractivity contribution is -0.0440. The molecular formula is C22H32F2O2. The fourth-order valence-electron chi connectivity index (χ4n) is 4.77. The largest absolute Gasteiger partial charge is 0.491 e. The molecule has 26 heavy (non-hydrogen) atoms. The second kappa shape index (κ2) is 9.16. The van der Waals surface area contributed by atoms with Crippen molar-refractivity contribution >= 4 is 0 Å². The Labute approximate surface area is 156 Å². The van der Waals surface area contributed by atoms with Crippen LogP contribution in [-0.4, -0.2) is 19.3 Å². The lowest BCUT2D eigenvalue weighted by Gasteiger charge is -2.38. The highest BCUT2D eigenvalue weighted by molar-refractivity contribution is 5.33. The molecule has 0 unspecified atom stereocenters. The lowest BCUT2D eigenvalue weighted by Crippen LogP contribution is -2.33. The molecule has 0 bridgehead atoms. The molecule has 1 aromatic carbocycles. The Balaban J connectivity index is 1.55. The summed E-state index contributed by atoms with van der Waals surface area (Å²) in [7, 11) is 0. The van der Waals surface area contributed by atoms with Gasteiger partial charge in [0.25, 0.3) is 0 Å². The molecule has 4 heteroatoms. The van der Waals surface area contributed by atoms with E-state index >= 15 is 0 Å². The summed E-state index contributed by atoms with van der Waals surface area (Å²) in [4.78, 5) is 0. The molecule has 2 aliphatic rings. The van der Waals surface area contributed by atoms with E-state index in [0.29, 0.717) is 30.8 Å². The number of benzene rings is 1. The summed E-state index contributed by atoms with van der Waals surface area (Å²) >= 11 is 0. The highest BCUT2D eigenvalue weighted by atomic mass is 19.2. The minimum absolute atomic E-state index is 0.00723. The Morgan fingerprint density at radius 2 is 1.77 bits per heavy atom. The summed E-state index contributed by atoms with van der Waals surface area (Å²) in [6.07, 6.45) is 9.89. The molecule has 1 heterocycles. The predicted molar refractivity (Wildman–Crippen MR) is 99.6 cm³/mol. The fourth-order valence-corrected chi connectivity index (χ4v) is 4.77. The first-order chi connectivity index (χ1) is 12.6. The van der Waals surface area contributed by atoms with Crippen molar-refractivity contribution in [1.82, 2.24) is 0 Å². The van der Waals surface area contributed by atoms with Gasteiger partial charge in [-0.15, -0.1) is 0 Å². The van der Waals surface area contributed by atoms with Crippen LogP contribution in [-0.2, 0) is 4.74 Å². The van der Waals surface area contributed by atoms with E-state index in [1.807, 2.05) is 0 Å². The molecular weight excluding hydrogens is 334 g/mol. The highest BCUT2D eigenvalue weighted by Crippen LogP contribution is 2.40. The van der Waals surface area contributed by atoms with Gasteiger partial charge in [0.05, 0.1) is 19.3 Å². The first kappa shape index (κ1) is 19.6. The van der Waals surface area contributed by atoms with Crippen LogP contribution in [0.4, 0.5) is 8.78 Å². The average Bonchev–Trinajstić information content (AvgIpc) is 2.67. The van der Waals surface area contributed by atoms with Gasteiger partial charge in [-0.05, 0) is 56.1 Å². The van der Waals surface area contributed by atoms with Gasteiger partial charge in [0.1, 0.15) is 0 Å². The highest BCUT2D eigenvalue weighted by Gasteiger charge is 2.33. The average molecular weight is 366 g/mol. The molecule has 0 amide bonds. The summed E-state index contributed by atoms with van der Waals surface area (Å²) in [6.45, 7) is 4.84. The van der Waals surface area contributed by atoms with Gasteiger partial charge in [0.15, 0.2) is 11.6 Å². The van der Waals surface area contributed by atoms with Crippen molar-refractivity contribution < 1.29 is 18.3 Å². The van der Waals surface area contributed by atoms with Crippen LogP contribution >= 0.6 is 0 Å². The zero-order valence-corrected chi connectivity index (χ0v) is 16.1. The van der Waals surface area contributed by atoms with E-state index in [2.05, 4.69) is 6.92 Å². The fraction of sp³-hybridized carbons (Fsp3) is 0.727. The molecule has 0 aromatic heterocycles. The number of hydrogen-bond donors (Lipinski definition) is 0. The molecule has 0 radical (unpaired) electrons. The normalized spacial score (nSPS) is 29.5. The summed E-state index contributed by atoms with van der Waals surface area (Å²) in [6, 6.07) is 3.20. The minimum atomic E-state index is -0.874. The number of ether oxygens (including phenoxy) is 2. The quantitative estimate of drug-likeness (QED) is 0.594. The van der Waals surface area contributed by atoms with Crippen molar-refractivity contribution in [3.05, 3.63) is 29.3 Å². The van der Waals surface area contributed by atoms with Gasteiger partial charge >= 0.3 is 0 Å². The zero-order chi connectivity index (χ0) is 18.5. The van der Waals surface area contributed by atoms with Crippen LogP contribution in [0.25, 0.3) is 0 Å². The summed E-state index contributed by atoms with van der Waals surface area (Å²) in [5.41, 5.74) is 0.427. The van der Waals surface area contributed by atoms with Crippen LogP contribution in [0.5, 0.6) is 5.75 Å². The van der Waals surface area contributed by atoms with E-state index in [1.165, 1.54) is 38.5 Å². The second-order valence-electron chi connectivity index (χ2n) is 7.93. The van der Waals surface area contributed by atoms with Crippen LogP contribution in [0.3, 0.4) is 0 Å². The van der Waals surface area contributed by atoms with Crippen LogP contribution in [0.15, 0.2) is 12.1 Å². The maximum absolute atomic E-state index is 14.4. The van der Waals surface area contributed by atoms with Crippen molar-refractivity contribution in [3.8, 4) is 5.75 Å². The van der Waals surface area contributed by atoms with Gasteiger partial charge in [-0.1, -0.05) is 38.7 Å². The van der Waals surface area contributed by atoms with Gasteiger partial charge < -0.3 is 9.47 Å². The number of hydrogen-bond acceptors (Lipinski definition) is 2. The molecule has 1 saturated carbocycles. The monoisotopic (exact) mass is 366 g/mol. The van der Waals surface area contributed by atoms with Gasteiger partial charge in [-0.2, -0.15) is 4.39 Å². The molecule has 3 rings (SSSR count). The Hall–Kier alpha value is -1.16. The second-order valence-corrected chi connectivity index (χ2v) is 7.93. The van der Waals surface area contributed by atoms with E-state index in [4.69, 9.17) is 9.47 Å². The molecule has 0 N–H and O–H groups in total. The third kappa shape index (κ3) is 4.39. The Bertz CT molecular complexity index is 574. The molecule has 2 nitrogen and oxygen atoms in total. The molecule has 1 aliphatic heterocycles. The smallest absolute Gasteiger partial charge is 0.200 e. The Morgan fingerprint density at radius 3 is 2.38 bits per heavy atom. The third-order valence-corrected chi connectivity index (χ3v) is 6.24. The molecule has 1 saturated heterocycles. The topological polar surface area (TPSA) is 18.5 Å². The van der Waals surface area contributed by atoms with Gasteiger partial charge in [-0.3, -0.25) is 0 Å². The SMILES string of the molecule is CCCC1CCC([C@@H]2CC[C@H](c3ccc(OCC)c(F)c3F)CO2)CC1. The van der Waals surface area contributed by atoms with Crippen molar-refractivity contribution in [2.45, 2.75) is 77.2 Å². The Kier molecular flexibility index (Phi) is 6.91. The predicted octanol–water partition coefficient (Wildman–Crippen LogP) is 6.23. The van der Waals surface area contributed by atoms with Gasteiger partial charge in [0, 0.05) is 5.92 Å². The maximum atomic E-state index is 14.4. The van der Waals surface area contributed by atoms with E-state index in [-0.39, 0.29) is 11.7 Å². The van der Waals surface area contributed by atoms with Crippen LogP contribution in [0, 0.1) is 23.5 Å². The number of rotatable bonds is 6. The first-order valence-corrected chi connectivity index (χ1v) is 10.4. The molecule has 1 aromatic rings. The van der Waals surface area contributed by atoms with Crippen LogP contribution in [0.1, 0.15) is 76.7 Å². The van der Waals surface area contributed by atoms with Crippen LogP contribution in [0.2, 0.25) is 0 Å². The minimum Gasteiger partial charge on any atom is -0.491 e. The molecule has 0 spiro atoms. The van der Waals surface area contributed by atoms with E-state index in [0.717, 1.165) is 18.8 Å². The summed E-state index contributed by atoms with van der Waals surface area (Å²) < 4.78 is 39.8. The van der Waals surface area contributed by atoms with E-state index < -0.39 is 11.6 Å². The summed E-state index contributed by atoms with van der Waals surface area (Å²) in [5.74, 6) is -0.177.